The van der Waals surface area contributed by atoms with Crippen LogP contribution in [-0.4, -0.2) is 28.4 Å². The van der Waals surface area contributed by atoms with Gasteiger partial charge < -0.3 is 24.3 Å². The van der Waals surface area contributed by atoms with Gasteiger partial charge in [-0.05, 0) is 59.7 Å². The van der Waals surface area contributed by atoms with Gasteiger partial charge in [-0.3, -0.25) is 0 Å². The zero-order valence-electron chi connectivity index (χ0n) is 15.0. The summed E-state index contributed by atoms with van der Waals surface area (Å²) in [5.74, 6) is 2.93. The molecule has 0 aliphatic carbocycles. The van der Waals surface area contributed by atoms with Crippen molar-refractivity contribution in [2.45, 2.75) is 12.5 Å². The van der Waals surface area contributed by atoms with Gasteiger partial charge >= 0.3 is 0 Å². The van der Waals surface area contributed by atoms with Crippen molar-refractivity contribution in [3.05, 3.63) is 53.2 Å². The third-order valence-electron chi connectivity index (χ3n) is 4.41. The second-order valence-electron chi connectivity index (χ2n) is 5.78. The molecule has 0 fully saturated rings. The number of ether oxygens (including phenoxy) is 4. The van der Waals surface area contributed by atoms with Crippen molar-refractivity contribution < 1.29 is 18.9 Å². The first-order valence-electron chi connectivity index (χ1n) is 8.09. The van der Waals surface area contributed by atoms with E-state index in [0.717, 1.165) is 40.5 Å². The molecule has 0 aromatic heterocycles. The molecule has 132 valence electrons. The average Bonchev–Trinajstić information content (AvgIpc) is 2.66. The first kappa shape index (κ1) is 17.0. The minimum Gasteiger partial charge on any atom is -0.493 e. The summed E-state index contributed by atoms with van der Waals surface area (Å²) in [6.45, 7) is 0. The van der Waals surface area contributed by atoms with E-state index in [2.05, 4.69) is 11.4 Å². The smallest absolute Gasteiger partial charge is 0.161 e. The molecule has 0 saturated carbocycles. The van der Waals surface area contributed by atoms with E-state index in [1.165, 1.54) is 5.56 Å². The lowest BCUT2D eigenvalue weighted by atomic mass is 9.92. The standard InChI is InChI=1S/C20H23NO4/c1-22-17-6-5-13(10-18(17)23-2)9-16-15-12-20(25-4)19(24-3)11-14(15)7-8-21-16/h5-8,10-12,16,21H,9H2,1-4H3. The zero-order chi connectivity index (χ0) is 17.8. The van der Waals surface area contributed by atoms with Gasteiger partial charge in [0.25, 0.3) is 0 Å². The summed E-state index contributed by atoms with van der Waals surface area (Å²) in [5, 5.41) is 3.43. The van der Waals surface area contributed by atoms with Crippen LogP contribution in [0, 0.1) is 0 Å². The van der Waals surface area contributed by atoms with Crippen molar-refractivity contribution in [3.8, 4) is 23.0 Å². The Morgan fingerprint density at radius 2 is 1.44 bits per heavy atom. The Balaban J connectivity index is 1.92. The van der Waals surface area contributed by atoms with E-state index < -0.39 is 0 Å². The molecule has 25 heavy (non-hydrogen) atoms. The van der Waals surface area contributed by atoms with Crippen molar-refractivity contribution in [2.75, 3.05) is 28.4 Å². The fourth-order valence-electron chi connectivity index (χ4n) is 3.11. The highest BCUT2D eigenvalue weighted by atomic mass is 16.5. The van der Waals surface area contributed by atoms with E-state index in [9.17, 15) is 0 Å². The lowest BCUT2D eigenvalue weighted by Crippen LogP contribution is -2.22. The molecule has 0 amide bonds. The van der Waals surface area contributed by atoms with Gasteiger partial charge in [-0.25, -0.2) is 0 Å². The van der Waals surface area contributed by atoms with Crippen molar-refractivity contribution in [1.82, 2.24) is 5.32 Å². The van der Waals surface area contributed by atoms with E-state index in [1.807, 2.05) is 36.5 Å². The van der Waals surface area contributed by atoms with E-state index in [1.54, 1.807) is 28.4 Å². The van der Waals surface area contributed by atoms with E-state index in [-0.39, 0.29) is 6.04 Å². The highest BCUT2D eigenvalue weighted by Gasteiger charge is 2.21. The maximum absolute atomic E-state index is 5.45. The quantitative estimate of drug-likeness (QED) is 0.870. The van der Waals surface area contributed by atoms with Gasteiger partial charge in [0, 0.05) is 0 Å². The predicted octanol–water partition coefficient (Wildman–Crippen LogP) is 3.58. The van der Waals surface area contributed by atoms with E-state index >= 15 is 0 Å². The molecule has 0 spiro atoms. The Hall–Kier alpha value is -2.82. The number of methoxy groups -OCH3 is 4. The SMILES string of the molecule is COc1ccc(CC2NC=Cc3cc(OC)c(OC)cc32)cc1OC. The Labute approximate surface area is 148 Å². The van der Waals surface area contributed by atoms with Gasteiger partial charge in [0.15, 0.2) is 23.0 Å². The minimum absolute atomic E-state index is 0.137. The van der Waals surface area contributed by atoms with E-state index in [0.29, 0.717) is 0 Å². The highest BCUT2D eigenvalue weighted by molar-refractivity contribution is 5.63. The van der Waals surface area contributed by atoms with Crippen molar-refractivity contribution in [3.63, 3.8) is 0 Å². The van der Waals surface area contributed by atoms with Crippen LogP contribution in [0.25, 0.3) is 6.08 Å². The summed E-state index contributed by atoms with van der Waals surface area (Å²) in [5.41, 5.74) is 3.46. The second-order valence-corrected chi connectivity index (χ2v) is 5.78. The molecule has 1 aliphatic heterocycles. The molecule has 1 heterocycles. The summed E-state index contributed by atoms with van der Waals surface area (Å²) in [4.78, 5) is 0. The second kappa shape index (κ2) is 7.38. The Morgan fingerprint density at radius 1 is 0.800 bits per heavy atom. The summed E-state index contributed by atoms with van der Waals surface area (Å²) < 4.78 is 21.6. The number of hydrogen-bond donors (Lipinski definition) is 1. The topological polar surface area (TPSA) is 49.0 Å². The lowest BCUT2D eigenvalue weighted by molar-refractivity contribution is 0.353. The maximum atomic E-state index is 5.45. The number of benzene rings is 2. The van der Waals surface area contributed by atoms with Gasteiger partial charge in [-0.2, -0.15) is 0 Å². The molecular formula is C20H23NO4. The Morgan fingerprint density at radius 3 is 2.12 bits per heavy atom. The van der Waals surface area contributed by atoms with Crippen LogP contribution in [0.5, 0.6) is 23.0 Å². The Bertz CT molecular complexity index is 786. The maximum Gasteiger partial charge on any atom is 0.161 e. The monoisotopic (exact) mass is 341 g/mol. The molecule has 3 rings (SSSR count). The van der Waals surface area contributed by atoms with Crippen molar-refractivity contribution in [1.29, 1.82) is 0 Å². The molecule has 1 atom stereocenters. The first-order valence-corrected chi connectivity index (χ1v) is 8.09. The molecule has 5 heteroatoms. The van der Waals surface area contributed by atoms with Crippen LogP contribution in [0.15, 0.2) is 36.5 Å². The number of rotatable bonds is 6. The normalized spacial score (nSPS) is 15.1. The molecule has 1 N–H and O–H groups in total. The van der Waals surface area contributed by atoms with Crippen LogP contribution < -0.4 is 24.3 Å². The largest absolute Gasteiger partial charge is 0.493 e. The number of fused-ring (bicyclic) bond motifs is 1. The van der Waals surface area contributed by atoms with Gasteiger partial charge in [0.2, 0.25) is 0 Å². The van der Waals surface area contributed by atoms with Crippen molar-refractivity contribution in [2.24, 2.45) is 0 Å². The van der Waals surface area contributed by atoms with Crippen molar-refractivity contribution >= 4 is 6.08 Å². The average molecular weight is 341 g/mol. The van der Waals surface area contributed by atoms with Gasteiger partial charge in [-0.15, -0.1) is 0 Å². The highest BCUT2D eigenvalue weighted by Crippen LogP contribution is 2.37. The minimum atomic E-state index is 0.137. The molecule has 0 radical (unpaired) electrons. The van der Waals surface area contributed by atoms with E-state index in [4.69, 9.17) is 18.9 Å². The lowest BCUT2D eigenvalue weighted by Gasteiger charge is -2.25. The Kier molecular flexibility index (Phi) is 5.03. The van der Waals surface area contributed by atoms with Crippen LogP contribution in [0.4, 0.5) is 0 Å². The molecular weight excluding hydrogens is 318 g/mol. The van der Waals surface area contributed by atoms with Crippen LogP contribution in [0.2, 0.25) is 0 Å². The molecule has 0 saturated heterocycles. The third kappa shape index (κ3) is 3.36. The molecule has 1 unspecified atom stereocenters. The fraction of sp³-hybridized carbons (Fsp3) is 0.300. The first-order chi connectivity index (χ1) is 12.2. The van der Waals surface area contributed by atoms with Gasteiger partial charge in [0.05, 0.1) is 34.5 Å². The third-order valence-corrected chi connectivity index (χ3v) is 4.41. The molecule has 2 aromatic rings. The van der Waals surface area contributed by atoms with Crippen LogP contribution in [-0.2, 0) is 6.42 Å². The molecule has 5 nitrogen and oxygen atoms in total. The summed E-state index contributed by atoms with van der Waals surface area (Å²) in [7, 11) is 6.59. The van der Waals surface area contributed by atoms with Crippen LogP contribution >= 0.6 is 0 Å². The molecule has 2 aromatic carbocycles. The molecule has 0 bridgehead atoms. The fourth-order valence-corrected chi connectivity index (χ4v) is 3.11. The predicted molar refractivity (Wildman–Crippen MR) is 97.7 cm³/mol. The zero-order valence-corrected chi connectivity index (χ0v) is 15.0. The summed E-state index contributed by atoms with van der Waals surface area (Å²) in [6, 6.07) is 10.2. The number of nitrogens with one attached hydrogen (secondary N) is 1. The molecule has 1 aliphatic rings. The van der Waals surface area contributed by atoms with Gasteiger partial charge in [-0.1, -0.05) is 6.07 Å². The van der Waals surface area contributed by atoms with Gasteiger partial charge in [0.1, 0.15) is 0 Å². The van der Waals surface area contributed by atoms with Crippen LogP contribution in [0.1, 0.15) is 22.7 Å². The summed E-state index contributed by atoms with van der Waals surface area (Å²) >= 11 is 0. The summed E-state index contributed by atoms with van der Waals surface area (Å²) in [6.07, 6.45) is 4.83. The van der Waals surface area contributed by atoms with Crippen LogP contribution in [0.3, 0.4) is 0 Å². The number of hydrogen-bond acceptors (Lipinski definition) is 5.